The van der Waals surface area contributed by atoms with Crippen LogP contribution in [0.25, 0.3) is 11.2 Å². The van der Waals surface area contributed by atoms with E-state index in [-0.39, 0.29) is 24.3 Å². The number of H-pyrrole nitrogens is 1. The topological polar surface area (TPSA) is 105 Å². The number of hydrogen-bond donors (Lipinski definition) is 2. The molecule has 9 nitrogen and oxygen atoms in total. The summed E-state index contributed by atoms with van der Waals surface area (Å²) >= 11 is 0. The van der Waals surface area contributed by atoms with Crippen LogP contribution in [-0.4, -0.2) is 50.6 Å². The van der Waals surface area contributed by atoms with Gasteiger partial charge in [0, 0.05) is 20.6 Å². The second-order valence-corrected chi connectivity index (χ2v) is 6.83. The smallest absolute Gasteiger partial charge is 0.329 e. The van der Waals surface area contributed by atoms with Crippen LogP contribution in [-0.2, 0) is 24.9 Å². The lowest BCUT2D eigenvalue weighted by Crippen LogP contribution is -2.31. The van der Waals surface area contributed by atoms with E-state index in [1.54, 1.807) is 17.7 Å². The summed E-state index contributed by atoms with van der Waals surface area (Å²) in [5.41, 5.74) is 0.456. The molecule has 29 heavy (non-hydrogen) atoms. The predicted molar refractivity (Wildman–Crippen MR) is 111 cm³/mol. The number of aromatic amines is 1. The monoisotopic (exact) mass is 399 g/mol. The Morgan fingerprint density at radius 3 is 2.76 bits per heavy atom. The first-order valence-corrected chi connectivity index (χ1v) is 9.23. The van der Waals surface area contributed by atoms with Gasteiger partial charge in [0.2, 0.25) is 5.95 Å². The van der Waals surface area contributed by atoms with Crippen LogP contribution in [0.3, 0.4) is 0 Å². The standard InChI is InChI=1S/C20H25N5O4/c1-4-10-29-13-15(26)12-25-16-17(24(3)20(28)22-18(16)27)21-19(25)23(2)11-14-8-6-5-7-9-14/h4-9,15,26H,1,10-13H2,2-3H3,(H,22,27,28). The van der Waals surface area contributed by atoms with Crippen molar-refractivity contribution in [2.24, 2.45) is 7.05 Å². The molecule has 0 spiro atoms. The van der Waals surface area contributed by atoms with Crippen LogP contribution in [0.2, 0.25) is 0 Å². The molecule has 1 aromatic carbocycles. The van der Waals surface area contributed by atoms with Crippen molar-refractivity contribution in [3.8, 4) is 0 Å². The lowest BCUT2D eigenvalue weighted by molar-refractivity contribution is 0.0404. The second-order valence-electron chi connectivity index (χ2n) is 6.83. The van der Waals surface area contributed by atoms with Crippen molar-refractivity contribution in [1.29, 1.82) is 0 Å². The van der Waals surface area contributed by atoms with Gasteiger partial charge in [0.15, 0.2) is 11.2 Å². The SMILES string of the molecule is C=CCOCC(O)Cn1c(N(C)Cc2ccccc2)nc2c1c(=O)[nH]c(=O)n2C. The number of anilines is 1. The summed E-state index contributed by atoms with van der Waals surface area (Å²) in [6, 6.07) is 9.81. The number of fused-ring (bicyclic) bond motifs is 1. The minimum atomic E-state index is -0.868. The Bertz CT molecular complexity index is 1100. The average Bonchev–Trinajstić information content (AvgIpc) is 3.07. The van der Waals surface area contributed by atoms with E-state index in [0.717, 1.165) is 5.56 Å². The highest BCUT2D eigenvalue weighted by atomic mass is 16.5. The minimum absolute atomic E-state index is 0.0806. The molecule has 1 atom stereocenters. The molecule has 0 aliphatic rings. The van der Waals surface area contributed by atoms with Gasteiger partial charge in [-0.3, -0.25) is 14.3 Å². The van der Waals surface area contributed by atoms with Crippen molar-refractivity contribution in [3.05, 3.63) is 69.4 Å². The number of aliphatic hydroxyl groups is 1. The molecule has 0 radical (unpaired) electrons. The lowest BCUT2D eigenvalue weighted by Gasteiger charge is -2.21. The minimum Gasteiger partial charge on any atom is -0.389 e. The van der Waals surface area contributed by atoms with Crippen molar-refractivity contribution in [2.75, 3.05) is 25.2 Å². The van der Waals surface area contributed by atoms with Gasteiger partial charge in [0.25, 0.3) is 5.56 Å². The van der Waals surface area contributed by atoms with E-state index in [1.807, 2.05) is 42.3 Å². The number of nitrogens with one attached hydrogen (secondary N) is 1. The zero-order valence-electron chi connectivity index (χ0n) is 16.5. The van der Waals surface area contributed by atoms with E-state index in [2.05, 4.69) is 16.5 Å². The highest BCUT2D eigenvalue weighted by Gasteiger charge is 2.22. The predicted octanol–water partition coefficient (Wildman–Crippen LogP) is 0.623. The highest BCUT2D eigenvalue weighted by molar-refractivity contribution is 5.74. The fraction of sp³-hybridized carbons (Fsp3) is 0.350. The molecule has 0 saturated carbocycles. The van der Waals surface area contributed by atoms with Crippen molar-refractivity contribution >= 4 is 17.1 Å². The summed E-state index contributed by atoms with van der Waals surface area (Å²) in [6.07, 6.45) is 0.728. The number of imidazole rings is 1. The maximum absolute atomic E-state index is 12.5. The van der Waals surface area contributed by atoms with Crippen LogP contribution in [0, 0.1) is 0 Å². The van der Waals surface area contributed by atoms with Gasteiger partial charge < -0.3 is 19.3 Å². The fourth-order valence-corrected chi connectivity index (χ4v) is 3.17. The zero-order valence-corrected chi connectivity index (χ0v) is 16.5. The largest absolute Gasteiger partial charge is 0.389 e. The molecular formula is C20H25N5O4. The first kappa shape index (κ1) is 20.6. The number of hydrogen-bond acceptors (Lipinski definition) is 6. The van der Waals surface area contributed by atoms with Gasteiger partial charge in [-0.25, -0.2) is 4.79 Å². The number of aliphatic hydroxyl groups excluding tert-OH is 1. The summed E-state index contributed by atoms with van der Waals surface area (Å²) in [6.45, 7) is 4.60. The molecule has 1 unspecified atom stereocenters. The van der Waals surface area contributed by atoms with Crippen LogP contribution in [0.15, 0.2) is 52.6 Å². The molecule has 2 aromatic heterocycles. The molecule has 2 heterocycles. The van der Waals surface area contributed by atoms with E-state index >= 15 is 0 Å². The Kier molecular flexibility index (Phi) is 6.30. The van der Waals surface area contributed by atoms with Gasteiger partial charge in [-0.1, -0.05) is 36.4 Å². The third-order valence-electron chi connectivity index (χ3n) is 4.53. The number of nitrogens with zero attached hydrogens (tertiary/aromatic N) is 4. The second kappa shape index (κ2) is 8.89. The molecule has 0 aliphatic heterocycles. The Morgan fingerprint density at radius 1 is 1.34 bits per heavy atom. The van der Waals surface area contributed by atoms with Crippen molar-refractivity contribution in [1.82, 2.24) is 19.1 Å². The average molecular weight is 399 g/mol. The van der Waals surface area contributed by atoms with Crippen LogP contribution >= 0.6 is 0 Å². The van der Waals surface area contributed by atoms with Gasteiger partial charge in [-0.15, -0.1) is 6.58 Å². The molecule has 0 saturated heterocycles. The number of benzene rings is 1. The van der Waals surface area contributed by atoms with Gasteiger partial charge in [0.1, 0.15) is 0 Å². The third kappa shape index (κ3) is 4.47. The quantitative estimate of drug-likeness (QED) is 0.404. The molecule has 0 bridgehead atoms. The lowest BCUT2D eigenvalue weighted by atomic mass is 10.2. The van der Waals surface area contributed by atoms with Gasteiger partial charge in [-0.05, 0) is 5.56 Å². The molecule has 0 aliphatic carbocycles. The molecule has 9 heteroatoms. The highest BCUT2D eigenvalue weighted by Crippen LogP contribution is 2.20. The van der Waals surface area contributed by atoms with E-state index in [9.17, 15) is 14.7 Å². The molecule has 3 rings (SSSR count). The molecule has 0 amide bonds. The Morgan fingerprint density at radius 2 is 2.07 bits per heavy atom. The summed E-state index contributed by atoms with van der Waals surface area (Å²) in [7, 11) is 3.39. The van der Waals surface area contributed by atoms with Gasteiger partial charge in [0.05, 0.1) is 25.9 Å². The maximum Gasteiger partial charge on any atom is 0.329 e. The Balaban J connectivity index is 2.03. The van der Waals surface area contributed by atoms with E-state index in [4.69, 9.17) is 4.74 Å². The van der Waals surface area contributed by atoms with Gasteiger partial charge in [-0.2, -0.15) is 4.98 Å². The summed E-state index contributed by atoms with van der Waals surface area (Å²) in [5.74, 6) is 0.471. The number of rotatable bonds is 9. The summed E-state index contributed by atoms with van der Waals surface area (Å²) < 4.78 is 8.23. The van der Waals surface area contributed by atoms with E-state index in [0.29, 0.717) is 19.1 Å². The molecule has 2 N–H and O–H groups in total. The summed E-state index contributed by atoms with van der Waals surface area (Å²) in [5, 5.41) is 10.4. The van der Waals surface area contributed by atoms with Crippen molar-refractivity contribution < 1.29 is 9.84 Å². The van der Waals surface area contributed by atoms with Crippen LogP contribution in [0.4, 0.5) is 5.95 Å². The first-order chi connectivity index (χ1) is 13.9. The van der Waals surface area contributed by atoms with Crippen LogP contribution in [0.1, 0.15) is 5.56 Å². The first-order valence-electron chi connectivity index (χ1n) is 9.23. The van der Waals surface area contributed by atoms with Crippen molar-refractivity contribution in [2.45, 2.75) is 19.2 Å². The maximum atomic E-state index is 12.5. The van der Waals surface area contributed by atoms with Crippen molar-refractivity contribution in [3.63, 3.8) is 0 Å². The normalized spacial score (nSPS) is 12.2. The van der Waals surface area contributed by atoms with Crippen LogP contribution < -0.4 is 16.1 Å². The third-order valence-corrected chi connectivity index (χ3v) is 4.53. The molecular weight excluding hydrogens is 374 g/mol. The fourth-order valence-electron chi connectivity index (χ4n) is 3.17. The number of aromatic nitrogens is 4. The van der Waals surface area contributed by atoms with Gasteiger partial charge >= 0.3 is 5.69 Å². The molecule has 3 aromatic rings. The molecule has 0 fully saturated rings. The summed E-state index contributed by atoms with van der Waals surface area (Å²) in [4.78, 5) is 33.2. The molecule has 154 valence electrons. The van der Waals surface area contributed by atoms with E-state index < -0.39 is 17.4 Å². The zero-order chi connectivity index (χ0) is 21.0. The Hall–Kier alpha value is -3.17. The number of aryl methyl sites for hydroxylation is 1. The van der Waals surface area contributed by atoms with Crippen LogP contribution in [0.5, 0.6) is 0 Å². The Labute approximate surface area is 167 Å². The van der Waals surface area contributed by atoms with E-state index in [1.165, 1.54) is 4.57 Å². The number of ether oxygens (including phenoxy) is 1.